The summed E-state index contributed by atoms with van der Waals surface area (Å²) in [6.45, 7) is 6.91. The van der Waals surface area contributed by atoms with Crippen molar-refractivity contribution in [3.63, 3.8) is 0 Å². The van der Waals surface area contributed by atoms with Crippen LogP contribution in [0.25, 0.3) is 10.9 Å². The normalized spacial score (nSPS) is 13.4. The van der Waals surface area contributed by atoms with Crippen molar-refractivity contribution in [1.82, 2.24) is 4.98 Å². The molecule has 3 rings (SSSR count). The number of nitriles is 1. The van der Waals surface area contributed by atoms with Crippen LogP contribution in [0.4, 0.5) is 11.5 Å². The van der Waals surface area contributed by atoms with Gasteiger partial charge < -0.3 is 10.2 Å². The zero-order chi connectivity index (χ0) is 14.8. The first-order valence-corrected chi connectivity index (χ1v) is 7.63. The number of hydrogen-bond acceptors (Lipinski definition) is 4. The van der Waals surface area contributed by atoms with Crippen LogP contribution < -0.4 is 10.2 Å². The lowest BCUT2D eigenvalue weighted by Crippen LogP contribution is -2.24. The van der Waals surface area contributed by atoms with Crippen LogP contribution in [0.15, 0.2) is 18.2 Å². The lowest BCUT2D eigenvalue weighted by Gasteiger charge is -2.22. The summed E-state index contributed by atoms with van der Waals surface area (Å²) in [6.07, 6.45) is 2.26. The Hall–Kier alpha value is -2.28. The summed E-state index contributed by atoms with van der Waals surface area (Å²) in [5, 5.41) is 13.9. The van der Waals surface area contributed by atoms with Crippen molar-refractivity contribution >= 4 is 22.4 Å². The number of hydrogen-bond donors (Lipinski definition) is 1. The second-order valence-electron chi connectivity index (χ2n) is 5.38. The van der Waals surface area contributed by atoms with Crippen LogP contribution in [0.2, 0.25) is 0 Å². The first-order valence-electron chi connectivity index (χ1n) is 7.63. The van der Waals surface area contributed by atoms with E-state index in [9.17, 15) is 5.26 Å². The number of pyridine rings is 1. The monoisotopic (exact) mass is 280 g/mol. The summed E-state index contributed by atoms with van der Waals surface area (Å²) in [7, 11) is 0. The van der Waals surface area contributed by atoms with Crippen molar-refractivity contribution in [1.29, 1.82) is 5.26 Å². The molecule has 0 amide bonds. The molecule has 0 fully saturated rings. The highest BCUT2D eigenvalue weighted by molar-refractivity contribution is 5.87. The molecule has 2 aromatic rings. The summed E-state index contributed by atoms with van der Waals surface area (Å²) in [5.41, 5.74) is 4.14. The van der Waals surface area contributed by atoms with Crippen LogP contribution >= 0.6 is 0 Å². The average Bonchev–Trinajstić information content (AvgIpc) is 2.53. The number of fused-ring (bicyclic) bond motifs is 2. The number of anilines is 2. The van der Waals surface area contributed by atoms with Gasteiger partial charge in [0.15, 0.2) is 0 Å². The van der Waals surface area contributed by atoms with Crippen molar-refractivity contribution < 1.29 is 0 Å². The molecule has 4 nitrogen and oxygen atoms in total. The number of nitrogens with zero attached hydrogens (tertiary/aromatic N) is 3. The van der Waals surface area contributed by atoms with Gasteiger partial charge in [0.1, 0.15) is 11.9 Å². The molecular formula is C17H20N4. The van der Waals surface area contributed by atoms with Crippen LogP contribution in [0.5, 0.6) is 0 Å². The fraction of sp³-hybridized carbons (Fsp3) is 0.412. The number of rotatable bonds is 3. The molecular weight excluding hydrogens is 260 g/mol. The van der Waals surface area contributed by atoms with Crippen molar-refractivity contribution in [2.45, 2.75) is 26.7 Å². The molecule has 0 unspecified atom stereocenters. The molecule has 0 aliphatic carbocycles. The Bertz CT molecular complexity index is 711. The second-order valence-corrected chi connectivity index (χ2v) is 5.38. The van der Waals surface area contributed by atoms with Gasteiger partial charge in [0.05, 0.1) is 11.1 Å². The van der Waals surface area contributed by atoms with Gasteiger partial charge in [-0.2, -0.15) is 5.26 Å². The summed E-state index contributed by atoms with van der Waals surface area (Å²) in [4.78, 5) is 6.89. The topological polar surface area (TPSA) is 52.0 Å². The summed E-state index contributed by atoms with van der Waals surface area (Å²) in [5.74, 6) is 0.797. The predicted octanol–water partition coefficient (Wildman–Crippen LogP) is 3.31. The Morgan fingerprint density at radius 2 is 2.10 bits per heavy atom. The summed E-state index contributed by atoms with van der Waals surface area (Å²) >= 11 is 0. The van der Waals surface area contributed by atoms with Gasteiger partial charge in [0.25, 0.3) is 0 Å². The van der Waals surface area contributed by atoms with Crippen LogP contribution in [-0.4, -0.2) is 24.6 Å². The summed E-state index contributed by atoms with van der Waals surface area (Å²) in [6, 6.07) is 8.57. The number of nitrogens with one attached hydrogen (secondary N) is 1. The highest BCUT2D eigenvalue weighted by atomic mass is 15.2. The molecule has 1 aromatic heterocycles. The standard InChI is InChI=1S/C17H20N4/c1-3-21(4-2)17-14(11-18)9-13-8-12-6-5-7-19-15(12)10-16(13)20-17/h8-10,19H,3-7H2,1-2H3. The minimum Gasteiger partial charge on any atom is -0.385 e. The minimum atomic E-state index is 0.662. The Balaban J connectivity index is 2.19. The largest absolute Gasteiger partial charge is 0.385 e. The molecule has 4 heteroatoms. The maximum absolute atomic E-state index is 9.43. The van der Waals surface area contributed by atoms with Gasteiger partial charge >= 0.3 is 0 Å². The lowest BCUT2D eigenvalue weighted by molar-refractivity contribution is 0.831. The zero-order valence-corrected chi connectivity index (χ0v) is 12.6. The SMILES string of the molecule is CCN(CC)c1nc2cc3c(cc2cc1C#N)CCCN3. The zero-order valence-electron chi connectivity index (χ0n) is 12.6. The highest BCUT2D eigenvalue weighted by Gasteiger charge is 2.15. The molecule has 108 valence electrons. The quantitative estimate of drug-likeness (QED) is 0.937. The van der Waals surface area contributed by atoms with E-state index in [2.05, 4.69) is 42.3 Å². The first kappa shape index (κ1) is 13.7. The number of benzene rings is 1. The fourth-order valence-electron chi connectivity index (χ4n) is 2.98. The van der Waals surface area contributed by atoms with Gasteiger partial charge in [-0.25, -0.2) is 4.98 Å². The molecule has 21 heavy (non-hydrogen) atoms. The Kier molecular flexibility index (Phi) is 3.66. The van der Waals surface area contributed by atoms with Gasteiger partial charge in [-0.15, -0.1) is 0 Å². The second kappa shape index (κ2) is 5.61. The van der Waals surface area contributed by atoms with Crippen LogP contribution in [0.1, 0.15) is 31.4 Å². The van der Waals surface area contributed by atoms with Gasteiger partial charge in [-0.1, -0.05) is 0 Å². The van der Waals surface area contributed by atoms with Crippen molar-refractivity contribution in [2.24, 2.45) is 0 Å². The third-order valence-electron chi connectivity index (χ3n) is 4.14. The molecule has 1 aromatic carbocycles. The predicted molar refractivity (Wildman–Crippen MR) is 86.8 cm³/mol. The average molecular weight is 280 g/mol. The Morgan fingerprint density at radius 3 is 2.81 bits per heavy atom. The minimum absolute atomic E-state index is 0.662. The van der Waals surface area contributed by atoms with Gasteiger partial charge in [-0.3, -0.25) is 0 Å². The Morgan fingerprint density at radius 1 is 1.29 bits per heavy atom. The lowest BCUT2D eigenvalue weighted by atomic mass is 10.00. The summed E-state index contributed by atoms with van der Waals surface area (Å²) < 4.78 is 0. The smallest absolute Gasteiger partial charge is 0.147 e. The fourth-order valence-corrected chi connectivity index (χ4v) is 2.98. The molecule has 1 aliphatic rings. The van der Waals surface area contributed by atoms with E-state index >= 15 is 0 Å². The third-order valence-corrected chi connectivity index (χ3v) is 4.14. The molecule has 0 radical (unpaired) electrons. The van der Waals surface area contributed by atoms with Gasteiger partial charge in [0, 0.05) is 30.7 Å². The third kappa shape index (κ3) is 2.40. The van der Waals surface area contributed by atoms with E-state index in [0.717, 1.165) is 49.2 Å². The molecule has 0 spiro atoms. The highest BCUT2D eigenvalue weighted by Crippen LogP contribution is 2.30. The van der Waals surface area contributed by atoms with E-state index in [0.29, 0.717) is 5.56 Å². The van der Waals surface area contributed by atoms with Crippen molar-refractivity contribution in [2.75, 3.05) is 29.9 Å². The molecule has 0 saturated heterocycles. The number of aryl methyl sites for hydroxylation is 1. The maximum Gasteiger partial charge on any atom is 0.147 e. The van der Waals surface area contributed by atoms with E-state index in [1.54, 1.807) is 0 Å². The van der Waals surface area contributed by atoms with Crippen molar-refractivity contribution in [3.05, 3.63) is 29.3 Å². The van der Waals surface area contributed by atoms with Crippen LogP contribution in [0.3, 0.4) is 0 Å². The van der Waals surface area contributed by atoms with E-state index in [4.69, 9.17) is 4.98 Å². The van der Waals surface area contributed by atoms with Crippen molar-refractivity contribution in [3.8, 4) is 6.07 Å². The molecule has 1 N–H and O–H groups in total. The molecule has 0 bridgehead atoms. The van der Waals surface area contributed by atoms with E-state index in [-0.39, 0.29) is 0 Å². The van der Waals surface area contributed by atoms with Gasteiger partial charge in [0.2, 0.25) is 0 Å². The Labute approximate surface area is 125 Å². The van der Waals surface area contributed by atoms with Crippen LogP contribution in [-0.2, 0) is 6.42 Å². The molecule has 2 heterocycles. The van der Waals surface area contributed by atoms with E-state index in [1.165, 1.54) is 11.3 Å². The molecule has 1 aliphatic heterocycles. The van der Waals surface area contributed by atoms with E-state index < -0.39 is 0 Å². The maximum atomic E-state index is 9.43. The molecule has 0 saturated carbocycles. The first-order chi connectivity index (χ1) is 10.3. The number of aromatic nitrogens is 1. The van der Waals surface area contributed by atoms with Crippen LogP contribution in [0, 0.1) is 11.3 Å². The van der Waals surface area contributed by atoms with E-state index in [1.807, 2.05) is 6.07 Å². The van der Waals surface area contributed by atoms with Gasteiger partial charge in [-0.05, 0) is 50.5 Å². The molecule has 0 atom stereocenters.